The predicted octanol–water partition coefficient (Wildman–Crippen LogP) is 6.81. The van der Waals surface area contributed by atoms with Crippen LogP contribution in [0.3, 0.4) is 0 Å². The van der Waals surface area contributed by atoms with Crippen molar-refractivity contribution in [1.29, 1.82) is 0 Å². The molecule has 0 atom stereocenters. The van der Waals surface area contributed by atoms with Crippen LogP contribution >= 0.6 is 0 Å². The normalized spacial score (nSPS) is 11.1. The van der Waals surface area contributed by atoms with Gasteiger partial charge in [-0.25, -0.2) is 9.59 Å². The zero-order valence-corrected chi connectivity index (χ0v) is 22.6. The molecule has 0 radical (unpaired) electrons. The molecule has 4 aromatic rings. The summed E-state index contributed by atoms with van der Waals surface area (Å²) < 4.78 is 21.5. The molecule has 0 aromatic heterocycles. The van der Waals surface area contributed by atoms with Gasteiger partial charge in [0.05, 0.1) is 0 Å². The molecule has 206 valence electrons. The molecule has 0 heterocycles. The van der Waals surface area contributed by atoms with E-state index in [1.165, 1.54) is 27.8 Å². The van der Waals surface area contributed by atoms with E-state index >= 15 is 0 Å². The minimum atomic E-state index is -0.469. The first-order valence-corrected chi connectivity index (χ1v) is 13.4. The van der Waals surface area contributed by atoms with E-state index in [-0.39, 0.29) is 26.4 Å². The molecule has 0 N–H and O–H groups in total. The maximum atomic E-state index is 11.2. The van der Waals surface area contributed by atoms with Crippen LogP contribution in [0.15, 0.2) is 110 Å². The van der Waals surface area contributed by atoms with E-state index in [2.05, 4.69) is 61.7 Å². The molecule has 0 amide bonds. The second-order valence-corrected chi connectivity index (χ2v) is 9.34. The predicted molar refractivity (Wildman–Crippen MR) is 159 cm³/mol. The van der Waals surface area contributed by atoms with Gasteiger partial charge in [-0.05, 0) is 75.2 Å². The summed E-state index contributed by atoms with van der Waals surface area (Å²) in [6.45, 7) is 7.60. The van der Waals surface area contributed by atoms with Gasteiger partial charge in [0.2, 0.25) is 0 Å². The van der Waals surface area contributed by atoms with Gasteiger partial charge in [-0.1, -0.05) is 73.8 Å². The lowest BCUT2D eigenvalue weighted by Crippen LogP contribution is -2.10. The Morgan fingerprint density at radius 3 is 1.73 bits per heavy atom. The summed E-state index contributed by atoms with van der Waals surface area (Å²) in [5.74, 6) is 0.452. The van der Waals surface area contributed by atoms with Gasteiger partial charge >= 0.3 is 11.9 Å². The molecule has 0 saturated heterocycles. The monoisotopic (exact) mass is 546 g/mol. The van der Waals surface area contributed by atoms with Crippen LogP contribution in [0.2, 0.25) is 0 Å². The van der Waals surface area contributed by atoms with Crippen molar-refractivity contribution in [2.24, 2.45) is 0 Å². The molecule has 0 bridgehead atoms. The highest BCUT2D eigenvalue weighted by Crippen LogP contribution is 2.46. The first-order valence-electron chi connectivity index (χ1n) is 13.4. The molecular weight excluding hydrogens is 516 g/mol. The quantitative estimate of drug-likeness (QED) is 0.0973. The van der Waals surface area contributed by atoms with Gasteiger partial charge in [0.1, 0.15) is 37.9 Å². The minimum Gasteiger partial charge on any atom is -0.490 e. The van der Waals surface area contributed by atoms with Crippen LogP contribution in [0.1, 0.15) is 11.1 Å². The SMILES string of the molecule is C=CC(=O)OCCOc1ccc(-c2ccc3c(c2-c2ccc(OCCOC(=O)C=C)cc2)Cc2ccccc2-3)cc1. The fourth-order valence-electron chi connectivity index (χ4n) is 4.95. The second kappa shape index (κ2) is 12.8. The highest BCUT2D eigenvalue weighted by molar-refractivity contribution is 5.93. The van der Waals surface area contributed by atoms with Gasteiger partial charge < -0.3 is 18.9 Å². The summed E-state index contributed by atoms with van der Waals surface area (Å²) in [6, 6.07) is 28.9. The number of carbonyl (C=O) groups excluding carboxylic acids is 2. The van der Waals surface area contributed by atoms with Crippen molar-refractivity contribution in [3.05, 3.63) is 121 Å². The Balaban J connectivity index is 1.40. The Bertz CT molecular complexity index is 1570. The molecule has 0 unspecified atom stereocenters. The van der Waals surface area contributed by atoms with Crippen LogP contribution in [0.4, 0.5) is 0 Å². The van der Waals surface area contributed by atoms with Crippen molar-refractivity contribution in [3.8, 4) is 44.9 Å². The van der Waals surface area contributed by atoms with E-state index in [1.54, 1.807) is 0 Å². The van der Waals surface area contributed by atoms with Gasteiger partial charge in [-0.2, -0.15) is 0 Å². The Labute approximate surface area is 239 Å². The van der Waals surface area contributed by atoms with Crippen LogP contribution in [-0.4, -0.2) is 38.4 Å². The topological polar surface area (TPSA) is 71.1 Å². The van der Waals surface area contributed by atoms with Crippen molar-refractivity contribution < 1.29 is 28.5 Å². The largest absolute Gasteiger partial charge is 0.490 e. The average Bonchev–Trinajstić information content (AvgIpc) is 3.40. The lowest BCUT2D eigenvalue weighted by atomic mass is 9.88. The summed E-state index contributed by atoms with van der Waals surface area (Å²) in [4.78, 5) is 22.5. The lowest BCUT2D eigenvalue weighted by Gasteiger charge is -2.17. The van der Waals surface area contributed by atoms with Gasteiger partial charge in [-0.3, -0.25) is 0 Å². The smallest absolute Gasteiger partial charge is 0.330 e. The Morgan fingerprint density at radius 1 is 0.610 bits per heavy atom. The molecule has 6 heteroatoms. The van der Waals surface area contributed by atoms with Crippen molar-refractivity contribution >= 4 is 11.9 Å². The third-order valence-electron chi connectivity index (χ3n) is 6.82. The van der Waals surface area contributed by atoms with Crippen LogP contribution in [0.5, 0.6) is 11.5 Å². The molecule has 4 aromatic carbocycles. The number of rotatable bonds is 12. The summed E-state index contributed by atoms with van der Waals surface area (Å²) in [7, 11) is 0. The fourth-order valence-corrected chi connectivity index (χ4v) is 4.95. The van der Waals surface area contributed by atoms with E-state index in [4.69, 9.17) is 18.9 Å². The Hall–Kier alpha value is -5.10. The Morgan fingerprint density at radius 2 is 1.15 bits per heavy atom. The van der Waals surface area contributed by atoms with Crippen LogP contribution < -0.4 is 9.47 Å². The van der Waals surface area contributed by atoms with Crippen LogP contribution in [0, 0.1) is 0 Å². The second-order valence-electron chi connectivity index (χ2n) is 9.34. The van der Waals surface area contributed by atoms with Gasteiger partial charge in [0, 0.05) is 12.2 Å². The summed E-state index contributed by atoms with van der Waals surface area (Å²) in [5, 5.41) is 0. The van der Waals surface area contributed by atoms with E-state index in [0.717, 1.165) is 35.3 Å². The fraction of sp³-hybridized carbons (Fsp3) is 0.143. The van der Waals surface area contributed by atoms with E-state index in [0.29, 0.717) is 11.5 Å². The zero-order valence-electron chi connectivity index (χ0n) is 22.6. The molecule has 0 fully saturated rings. The van der Waals surface area contributed by atoms with Crippen molar-refractivity contribution in [2.75, 3.05) is 26.4 Å². The third-order valence-corrected chi connectivity index (χ3v) is 6.82. The first-order chi connectivity index (χ1) is 20.1. The highest BCUT2D eigenvalue weighted by atomic mass is 16.6. The van der Waals surface area contributed by atoms with E-state index in [9.17, 15) is 9.59 Å². The molecule has 1 aliphatic rings. The zero-order chi connectivity index (χ0) is 28.6. The number of esters is 2. The van der Waals surface area contributed by atoms with Crippen molar-refractivity contribution in [3.63, 3.8) is 0 Å². The number of hydrogen-bond acceptors (Lipinski definition) is 6. The first kappa shape index (κ1) is 27.5. The third kappa shape index (κ3) is 6.39. The molecule has 0 aliphatic heterocycles. The van der Waals surface area contributed by atoms with Crippen molar-refractivity contribution in [2.45, 2.75) is 6.42 Å². The number of ether oxygens (including phenoxy) is 4. The molecule has 41 heavy (non-hydrogen) atoms. The van der Waals surface area contributed by atoms with Crippen LogP contribution in [0.25, 0.3) is 33.4 Å². The maximum Gasteiger partial charge on any atom is 0.330 e. The molecular formula is C35H30O6. The summed E-state index contributed by atoms with van der Waals surface area (Å²) in [6.07, 6.45) is 3.12. The Kier molecular flexibility index (Phi) is 8.60. The van der Waals surface area contributed by atoms with Crippen molar-refractivity contribution in [1.82, 2.24) is 0 Å². The van der Waals surface area contributed by atoms with Crippen LogP contribution in [-0.2, 0) is 25.5 Å². The minimum absolute atomic E-state index is 0.154. The van der Waals surface area contributed by atoms with Gasteiger partial charge in [-0.15, -0.1) is 0 Å². The van der Waals surface area contributed by atoms with Gasteiger partial charge in [0.25, 0.3) is 0 Å². The molecule has 1 aliphatic carbocycles. The maximum absolute atomic E-state index is 11.2. The number of fused-ring (bicyclic) bond motifs is 3. The number of hydrogen-bond donors (Lipinski definition) is 0. The average molecular weight is 547 g/mol. The molecule has 5 rings (SSSR count). The lowest BCUT2D eigenvalue weighted by molar-refractivity contribution is -0.139. The molecule has 6 nitrogen and oxygen atoms in total. The van der Waals surface area contributed by atoms with Gasteiger partial charge in [0.15, 0.2) is 0 Å². The summed E-state index contributed by atoms with van der Waals surface area (Å²) >= 11 is 0. The number of carbonyl (C=O) groups is 2. The van der Waals surface area contributed by atoms with E-state index in [1.807, 2.05) is 36.4 Å². The summed E-state index contributed by atoms with van der Waals surface area (Å²) in [5.41, 5.74) is 9.56. The van der Waals surface area contributed by atoms with E-state index < -0.39 is 11.9 Å². The molecule has 0 spiro atoms. The number of benzene rings is 4. The highest BCUT2D eigenvalue weighted by Gasteiger charge is 2.24. The molecule has 0 saturated carbocycles. The standard InChI is InChI=1S/C35H30O6/c1-3-33(36)40-21-19-38-27-13-9-24(10-14-27)30-17-18-31-29-8-6-5-7-26(29)23-32(31)35(30)25-11-15-28(16-12-25)39-20-22-41-34(37)4-2/h3-18H,1-2,19-23H2.